The fraction of sp³-hybridized carbons (Fsp3) is 0.500. The molecule has 0 aliphatic carbocycles. The molecule has 1 saturated heterocycles. The van der Waals surface area contributed by atoms with Crippen LogP contribution in [0, 0.1) is 0 Å². The lowest BCUT2D eigenvalue weighted by atomic mass is 10.1. The number of ether oxygens (including phenoxy) is 1. The van der Waals surface area contributed by atoms with Crippen molar-refractivity contribution in [2.45, 2.75) is 19.6 Å². The third kappa shape index (κ3) is 5.27. The normalized spacial score (nSPS) is 15.8. The molecule has 26 heavy (non-hydrogen) atoms. The highest BCUT2D eigenvalue weighted by Gasteiger charge is 2.10. The number of aryl methyl sites for hydroxylation is 1. The Hall–Kier alpha value is -2.45. The molecule has 0 atom stereocenters. The van der Waals surface area contributed by atoms with Gasteiger partial charge in [-0.15, -0.1) is 0 Å². The van der Waals surface area contributed by atoms with E-state index in [4.69, 9.17) is 4.74 Å². The minimum absolute atomic E-state index is 0.578. The number of hydrogen-bond donors (Lipinski definition) is 2. The zero-order valence-corrected chi connectivity index (χ0v) is 15.5. The molecule has 0 radical (unpaired) electrons. The van der Waals surface area contributed by atoms with E-state index in [0.29, 0.717) is 6.54 Å². The van der Waals surface area contributed by atoms with E-state index >= 15 is 0 Å². The van der Waals surface area contributed by atoms with Gasteiger partial charge in [0.05, 0.1) is 19.8 Å². The minimum Gasteiger partial charge on any atom is -0.379 e. The molecule has 1 aromatic heterocycles. The van der Waals surface area contributed by atoms with E-state index in [1.54, 1.807) is 18.1 Å². The summed E-state index contributed by atoms with van der Waals surface area (Å²) < 4.78 is 7.14. The van der Waals surface area contributed by atoms with Crippen LogP contribution in [-0.4, -0.2) is 59.0 Å². The first-order valence-electron chi connectivity index (χ1n) is 8.90. The van der Waals surface area contributed by atoms with Gasteiger partial charge < -0.3 is 15.4 Å². The van der Waals surface area contributed by atoms with Crippen molar-refractivity contribution in [1.29, 1.82) is 0 Å². The number of rotatable bonds is 6. The number of hydrogen-bond acceptors (Lipinski definition) is 5. The smallest absolute Gasteiger partial charge is 0.191 e. The van der Waals surface area contributed by atoms with E-state index in [9.17, 15) is 0 Å². The van der Waals surface area contributed by atoms with Crippen molar-refractivity contribution in [1.82, 2.24) is 30.3 Å². The van der Waals surface area contributed by atoms with Crippen molar-refractivity contribution >= 4 is 5.96 Å². The second-order valence-corrected chi connectivity index (χ2v) is 6.28. The standard InChI is InChI=1S/C18H27N7O/c1-19-18(21-12-17-22-14-23-24(17)2)20-11-15-3-5-16(6-4-15)13-25-7-9-26-10-8-25/h3-6,14H,7-13H2,1-2H3,(H2,19,20,21). The molecule has 0 amide bonds. The van der Waals surface area contributed by atoms with Gasteiger partial charge in [0.2, 0.25) is 0 Å². The molecule has 2 heterocycles. The Kier molecular flexibility index (Phi) is 6.56. The molecule has 0 spiro atoms. The van der Waals surface area contributed by atoms with Crippen LogP contribution in [0.15, 0.2) is 35.6 Å². The Morgan fingerprint density at radius 2 is 1.81 bits per heavy atom. The second-order valence-electron chi connectivity index (χ2n) is 6.28. The van der Waals surface area contributed by atoms with Gasteiger partial charge in [-0.25, -0.2) is 4.98 Å². The van der Waals surface area contributed by atoms with Gasteiger partial charge in [-0.05, 0) is 11.1 Å². The van der Waals surface area contributed by atoms with Crippen LogP contribution in [0.1, 0.15) is 17.0 Å². The summed E-state index contributed by atoms with van der Waals surface area (Å²) in [7, 11) is 3.64. The molecule has 1 fully saturated rings. The predicted molar refractivity (Wildman–Crippen MR) is 101 cm³/mol. The summed E-state index contributed by atoms with van der Waals surface area (Å²) in [5.41, 5.74) is 2.55. The fourth-order valence-corrected chi connectivity index (χ4v) is 2.83. The van der Waals surface area contributed by atoms with Crippen LogP contribution in [0.3, 0.4) is 0 Å². The number of morpholine rings is 1. The Morgan fingerprint density at radius 3 is 2.46 bits per heavy atom. The highest BCUT2D eigenvalue weighted by Crippen LogP contribution is 2.09. The van der Waals surface area contributed by atoms with Crippen molar-refractivity contribution in [3.63, 3.8) is 0 Å². The summed E-state index contributed by atoms with van der Waals surface area (Å²) in [6.45, 7) is 5.97. The lowest BCUT2D eigenvalue weighted by Gasteiger charge is -2.26. The summed E-state index contributed by atoms with van der Waals surface area (Å²) in [5, 5.41) is 10.6. The van der Waals surface area contributed by atoms with E-state index in [1.165, 1.54) is 11.1 Å². The predicted octanol–water partition coefficient (Wildman–Crippen LogP) is 0.513. The van der Waals surface area contributed by atoms with E-state index in [2.05, 4.69) is 54.9 Å². The summed E-state index contributed by atoms with van der Waals surface area (Å²) in [6.07, 6.45) is 1.55. The number of aromatic nitrogens is 3. The van der Waals surface area contributed by atoms with Crippen molar-refractivity contribution in [3.8, 4) is 0 Å². The van der Waals surface area contributed by atoms with Crippen molar-refractivity contribution in [2.24, 2.45) is 12.0 Å². The Morgan fingerprint density at radius 1 is 1.12 bits per heavy atom. The molecule has 1 aliphatic rings. The molecule has 1 aromatic carbocycles. The van der Waals surface area contributed by atoms with Crippen molar-refractivity contribution in [2.75, 3.05) is 33.4 Å². The average Bonchev–Trinajstić information content (AvgIpc) is 3.09. The quantitative estimate of drug-likeness (QED) is 0.579. The molecule has 0 unspecified atom stereocenters. The van der Waals surface area contributed by atoms with Crippen molar-refractivity contribution in [3.05, 3.63) is 47.5 Å². The van der Waals surface area contributed by atoms with Crippen LogP contribution in [0.5, 0.6) is 0 Å². The molecule has 2 aromatic rings. The third-order valence-corrected chi connectivity index (χ3v) is 4.44. The lowest BCUT2D eigenvalue weighted by Crippen LogP contribution is -2.37. The monoisotopic (exact) mass is 357 g/mol. The van der Waals surface area contributed by atoms with Gasteiger partial charge >= 0.3 is 0 Å². The van der Waals surface area contributed by atoms with Gasteiger partial charge in [-0.2, -0.15) is 5.10 Å². The van der Waals surface area contributed by atoms with E-state index in [0.717, 1.165) is 51.2 Å². The number of aliphatic imine (C=N–C) groups is 1. The molecular weight excluding hydrogens is 330 g/mol. The first kappa shape index (κ1) is 18.3. The number of nitrogens with zero attached hydrogens (tertiary/aromatic N) is 5. The Bertz CT molecular complexity index is 705. The fourth-order valence-electron chi connectivity index (χ4n) is 2.83. The molecule has 0 bridgehead atoms. The summed E-state index contributed by atoms with van der Waals surface area (Å²) in [5.74, 6) is 1.60. The number of nitrogens with one attached hydrogen (secondary N) is 2. The Balaban J connectivity index is 1.45. The minimum atomic E-state index is 0.578. The number of guanidine groups is 1. The van der Waals surface area contributed by atoms with Crippen LogP contribution in [-0.2, 0) is 31.4 Å². The van der Waals surface area contributed by atoms with Crippen LogP contribution in [0.2, 0.25) is 0 Å². The summed E-state index contributed by atoms with van der Waals surface area (Å²) >= 11 is 0. The highest BCUT2D eigenvalue weighted by atomic mass is 16.5. The van der Waals surface area contributed by atoms with Gasteiger partial charge in [0.15, 0.2) is 5.96 Å². The maximum Gasteiger partial charge on any atom is 0.191 e. The average molecular weight is 357 g/mol. The number of benzene rings is 1. The lowest BCUT2D eigenvalue weighted by molar-refractivity contribution is 0.0342. The van der Waals surface area contributed by atoms with Crippen LogP contribution in [0.4, 0.5) is 0 Å². The van der Waals surface area contributed by atoms with E-state index in [-0.39, 0.29) is 0 Å². The van der Waals surface area contributed by atoms with Gasteiger partial charge in [-0.1, -0.05) is 24.3 Å². The molecular formula is C18H27N7O. The molecule has 0 saturated carbocycles. The van der Waals surface area contributed by atoms with Crippen LogP contribution >= 0.6 is 0 Å². The van der Waals surface area contributed by atoms with E-state index < -0.39 is 0 Å². The van der Waals surface area contributed by atoms with Gasteiger partial charge in [-0.3, -0.25) is 14.6 Å². The van der Waals surface area contributed by atoms with Gasteiger partial charge in [0.1, 0.15) is 12.2 Å². The zero-order chi connectivity index (χ0) is 18.2. The van der Waals surface area contributed by atoms with Gasteiger partial charge in [0.25, 0.3) is 0 Å². The van der Waals surface area contributed by atoms with Crippen LogP contribution < -0.4 is 10.6 Å². The van der Waals surface area contributed by atoms with E-state index in [1.807, 2.05) is 7.05 Å². The molecule has 8 heteroatoms. The van der Waals surface area contributed by atoms with Crippen molar-refractivity contribution < 1.29 is 4.74 Å². The molecule has 2 N–H and O–H groups in total. The largest absolute Gasteiger partial charge is 0.379 e. The maximum absolute atomic E-state index is 5.40. The molecule has 1 aliphatic heterocycles. The maximum atomic E-state index is 5.40. The zero-order valence-electron chi connectivity index (χ0n) is 15.5. The molecule has 8 nitrogen and oxygen atoms in total. The first-order valence-corrected chi connectivity index (χ1v) is 8.90. The third-order valence-electron chi connectivity index (χ3n) is 4.44. The highest BCUT2D eigenvalue weighted by molar-refractivity contribution is 5.79. The summed E-state index contributed by atoms with van der Waals surface area (Å²) in [4.78, 5) is 10.9. The summed E-state index contributed by atoms with van der Waals surface area (Å²) in [6, 6.07) is 8.72. The Labute approximate surface area is 154 Å². The molecule has 3 rings (SSSR count). The van der Waals surface area contributed by atoms with Gasteiger partial charge in [0, 0.05) is 40.3 Å². The van der Waals surface area contributed by atoms with Crippen LogP contribution in [0.25, 0.3) is 0 Å². The molecule has 140 valence electrons. The topological polar surface area (TPSA) is 79.6 Å². The first-order chi connectivity index (χ1) is 12.7. The SMILES string of the molecule is CN=C(NCc1ccc(CN2CCOCC2)cc1)NCc1ncnn1C. The second kappa shape index (κ2) is 9.30.